The fraction of sp³-hybridized carbons (Fsp3) is 0.241. The number of imidazole rings is 1. The van der Waals surface area contributed by atoms with Crippen molar-refractivity contribution in [3.8, 4) is 0 Å². The predicted octanol–water partition coefficient (Wildman–Crippen LogP) is 5.36. The molecule has 4 aromatic rings. The molecular formula is C29H32ClN3O2. The summed E-state index contributed by atoms with van der Waals surface area (Å²) in [5.74, 6) is -0.428. The zero-order chi connectivity index (χ0) is 24.2. The molecule has 0 amide bonds. The normalized spacial score (nSPS) is 12.5. The van der Waals surface area contributed by atoms with Crippen LogP contribution in [-0.2, 0) is 21.5 Å². The van der Waals surface area contributed by atoms with Gasteiger partial charge in [-0.25, -0.2) is 4.98 Å². The summed E-state index contributed by atoms with van der Waals surface area (Å²) in [5, 5.41) is 0. The lowest BCUT2D eigenvalue weighted by Crippen LogP contribution is -2.39. The summed E-state index contributed by atoms with van der Waals surface area (Å²) in [5.41, 5.74) is 8.99. The highest BCUT2D eigenvalue weighted by molar-refractivity contribution is 5.85. The first-order valence-electron chi connectivity index (χ1n) is 11.5. The van der Waals surface area contributed by atoms with E-state index in [1.54, 1.807) is 0 Å². The van der Waals surface area contributed by atoms with Gasteiger partial charge in [-0.2, -0.15) is 0 Å². The molecular weight excluding hydrogens is 458 g/mol. The van der Waals surface area contributed by atoms with Crippen LogP contribution in [0.4, 0.5) is 0 Å². The quantitative estimate of drug-likeness (QED) is 0.280. The van der Waals surface area contributed by atoms with Crippen LogP contribution in [0, 0.1) is 0 Å². The Morgan fingerprint density at radius 2 is 1.29 bits per heavy atom. The monoisotopic (exact) mass is 489 g/mol. The molecule has 182 valence electrons. The van der Waals surface area contributed by atoms with Crippen molar-refractivity contribution >= 4 is 18.4 Å². The molecule has 6 heteroatoms. The number of carbonyl (C=O) groups excluding carboxylic acids is 1. The molecule has 1 heterocycles. The van der Waals surface area contributed by atoms with Crippen LogP contribution < -0.4 is 5.73 Å². The molecule has 35 heavy (non-hydrogen) atoms. The molecule has 0 radical (unpaired) electrons. The van der Waals surface area contributed by atoms with Crippen molar-refractivity contribution in [3.63, 3.8) is 0 Å². The van der Waals surface area contributed by atoms with Gasteiger partial charge in [-0.1, -0.05) is 91.0 Å². The Bertz CT molecular complexity index is 1120. The summed E-state index contributed by atoms with van der Waals surface area (Å²) < 4.78 is 7.57. The number of esters is 1. The van der Waals surface area contributed by atoms with E-state index >= 15 is 0 Å². The summed E-state index contributed by atoms with van der Waals surface area (Å²) in [7, 11) is 0. The topological polar surface area (TPSA) is 70.1 Å². The summed E-state index contributed by atoms with van der Waals surface area (Å²) in [6.07, 6.45) is 4.09. The maximum absolute atomic E-state index is 12.4. The fourth-order valence-corrected chi connectivity index (χ4v) is 4.32. The molecule has 1 aromatic heterocycles. The second-order valence-corrected chi connectivity index (χ2v) is 9.42. The van der Waals surface area contributed by atoms with Crippen molar-refractivity contribution in [1.29, 1.82) is 0 Å². The number of ether oxygens (including phenoxy) is 1. The van der Waals surface area contributed by atoms with Crippen molar-refractivity contribution in [3.05, 3.63) is 126 Å². The summed E-state index contributed by atoms with van der Waals surface area (Å²) in [4.78, 5) is 17.1. The van der Waals surface area contributed by atoms with Gasteiger partial charge in [0.2, 0.25) is 0 Å². The van der Waals surface area contributed by atoms with Crippen molar-refractivity contribution in [2.75, 3.05) is 0 Å². The van der Waals surface area contributed by atoms with Crippen molar-refractivity contribution in [2.45, 2.75) is 44.4 Å². The molecule has 4 rings (SSSR count). The fourth-order valence-electron chi connectivity index (χ4n) is 4.32. The average Bonchev–Trinajstić information content (AvgIpc) is 3.29. The molecule has 0 aliphatic rings. The van der Waals surface area contributed by atoms with Gasteiger partial charge in [0, 0.05) is 12.6 Å². The van der Waals surface area contributed by atoms with Gasteiger partial charge in [-0.15, -0.1) is 12.4 Å². The summed E-state index contributed by atoms with van der Waals surface area (Å²) in [6, 6.07) is 30.3. The SMILES string of the molecule is CC(C)(C)OC(=O)C(N)Cc1cn(C(c2ccccc2)(c2ccccc2)c2ccccc2)cn1.Cl. The molecule has 0 spiro atoms. The van der Waals surface area contributed by atoms with Crippen LogP contribution in [0.2, 0.25) is 0 Å². The minimum absolute atomic E-state index is 0. The van der Waals surface area contributed by atoms with E-state index in [1.165, 1.54) is 0 Å². The van der Waals surface area contributed by atoms with E-state index in [2.05, 4.69) is 45.9 Å². The maximum atomic E-state index is 12.4. The van der Waals surface area contributed by atoms with Crippen LogP contribution in [0.5, 0.6) is 0 Å². The van der Waals surface area contributed by atoms with E-state index in [0.29, 0.717) is 0 Å². The Balaban J connectivity index is 0.00000342. The Morgan fingerprint density at radius 3 is 1.69 bits per heavy atom. The van der Waals surface area contributed by atoms with E-state index in [0.717, 1.165) is 22.4 Å². The van der Waals surface area contributed by atoms with Crippen molar-refractivity contribution in [2.24, 2.45) is 5.73 Å². The maximum Gasteiger partial charge on any atom is 0.323 e. The van der Waals surface area contributed by atoms with Crippen LogP contribution in [0.1, 0.15) is 43.2 Å². The Labute approximate surface area is 213 Å². The standard InChI is InChI=1S/C29H31N3O2.ClH/c1-28(2,3)34-27(33)26(30)19-25-20-32(21-31-25)29(22-13-7-4-8-14-22,23-15-9-5-10-16-23)24-17-11-6-12-18-24;/h4-18,20-21,26H,19,30H2,1-3H3;1H. The third-order valence-corrected chi connectivity index (χ3v) is 5.74. The number of benzene rings is 3. The third-order valence-electron chi connectivity index (χ3n) is 5.74. The summed E-state index contributed by atoms with van der Waals surface area (Å²) in [6.45, 7) is 5.50. The lowest BCUT2D eigenvalue weighted by atomic mass is 9.77. The molecule has 1 atom stereocenters. The average molecular weight is 490 g/mol. The number of rotatable bonds is 7. The Kier molecular flexibility index (Phi) is 8.15. The molecule has 2 N–H and O–H groups in total. The predicted molar refractivity (Wildman–Crippen MR) is 142 cm³/mol. The number of aromatic nitrogens is 2. The molecule has 5 nitrogen and oxygen atoms in total. The number of hydrogen-bond donors (Lipinski definition) is 1. The first-order chi connectivity index (χ1) is 16.3. The number of hydrogen-bond acceptors (Lipinski definition) is 4. The lowest BCUT2D eigenvalue weighted by molar-refractivity contribution is -0.156. The Morgan fingerprint density at radius 1 is 0.857 bits per heavy atom. The van der Waals surface area contributed by atoms with Gasteiger partial charge in [0.25, 0.3) is 0 Å². The van der Waals surface area contributed by atoms with E-state index in [9.17, 15) is 4.79 Å². The number of carbonyl (C=O) groups is 1. The van der Waals surface area contributed by atoms with Crippen LogP contribution in [0.3, 0.4) is 0 Å². The molecule has 0 saturated heterocycles. The van der Waals surface area contributed by atoms with Crippen molar-refractivity contribution in [1.82, 2.24) is 9.55 Å². The summed E-state index contributed by atoms with van der Waals surface area (Å²) >= 11 is 0. The highest BCUT2D eigenvalue weighted by Crippen LogP contribution is 2.40. The highest BCUT2D eigenvalue weighted by atomic mass is 35.5. The van der Waals surface area contributed by atoms with Gasteiger partial charge in [0.1, 0.15) is 17.2 Å². The highest BCUT2D eigenvalue weighted by Gasteiger charge is 2.38. The van der Waals surface area contributed by atoms with Gasteiger partial charge in [-0.3, -0.25) is 4.79 Å². The van der Waals surface area contributed by atoms with Gasteiger partial charge in [-0.05, 0) is 37.5 Å². The molecule has 0 bridgehead atoms. The van der Waals surface area contributed by atoms with Crippen LogP contribution in [0.25, 0.3) is 0 Å². The minimum atomic E-state index is -0.790. The second-order valence-electron chi connectivity index (χ2n) is 9.42. The molecule has 1 unspecified atom stereocenters. The van der Waals surface area contributed by atoms with Crippen LogP contribution >= 0.6 is 12.4 Å². The largest absolute Gasteiger partial charge is 0.459 e. The molecule has 0 fully saturated rings. The van der Waals surface area contributed by atoms with E-state index in [1.807, 2.05) is 87.9 Å². The van der Waals surface area contributed by atoms with E-state index in [4.69, 9.17) is 10.5 Å². The van der Waals surface area contributed by atoms with Crippen LogP contribution in [0.15, 0.2) is 104 Å². The van der Waals surface area contributed by atoms with Gasteiger partial charge >= 0.3 is 5.97 Å². The first-order valence-corrected chi connectivity index (χ1v) is 11.5. The lowest BCUT2D eigenvalue weighted by Gasteiger charge is -2.37. The second kappa shape index (κ2) is 10.9. The number of nitrogens with two attached hydrogens (primary N) is 1. The zero-order valence-electron chi connectivity index (χ0n) is 20.3. The van der Waals surface area contributed by atoms with Gasteiger partial charge in [0.15, 0.2) is 0 Å². The zero-order valence-corrected chi connectivity index (χ0v) is 21.1. The first kappa shape index (κ1) is 26.2. The van der Waals surface area contributed by atoms with Crippen molar-refractivity contribution < 1.29 is 9.53 Å². The molecule has 3 aromatic carbocycles. The molecule has 0 saturated carbocycles. The smallest absolute Gasteiger partial charge is 0.323 e. The minimum Gasteiger partial charge on any atom is -0.459 e. The molecule has 0 aliphatic heterocycles. The van der Waals surface area contributed by atoms with E-state index in [-0.39, 0.29) is 18.8 Å². The van der Waals surface area contributed by atoms with E-state index < -0.39 is 23.2 Å². The molecule has 0 aliphatic carbocycles. The van der Waals surface area contributed by atoms with Crippen LogP contribution in [-0.4, -0.2) is 27.2 Å². The van der Waals surface area contributed by atoms with Gasteiger partial charge in [0.05, 0.1) is 12.0 Å². The third kappa shape index (κ3) is 5.64. The van der Waals surface area contributed by atoms with Gasteiger partial charge < -0.3 is 15.0 Å². The number of halogens is 1. The number of nitrogens with zero attached hydrogens (tertiary/aromatic N) is 2. The Hall–Kier alpha value is -3.41.